The normalized spacial score (nSPS) is 18.9. The van der Waals surface area contributed by atoms with E-state index < -0.39 is 0 Å². The SMILES string of the molecule is O=C(CCc1ccccn1)N1CCCN(C(=O)C2CC2)CC1. The van der Waals surface area contributed by atoms with Crippen molar-refractivity contribution in [3.05, 3.63) is 30.1 Å². The molecule has 2 fully saturated rings. The van der Waals surface area contributed by atoms with E-state index >= 15 is 0 Å². The van der Waals surface area contributed by atoms with Crippen molar-refractivity contribution in [3.63, 3.8) is 0 Å². The molecule has 2 amide bonds. The van der Waals surface area contributed by atoms with E-state index in [2.05, 4.69) is 4.98 Å². The number of carbonyl (C=O) groups is 2. The van der Waals surface area contributed by atoms with Crippen molar-refractivity contribution in [1.82, 2.24) is 14.8 Å². The van der Waals surface area contributed by atoms with Crippen molar-refractivity contribution < 1.29 is 9.59 Å². The number of carbonyl (C=O) groups excluding carboxylic acids is 2. The van der Waals surface area contributed by atoms with E-state index in [-0.39, 0.29) is 11.8 Å². The predicted octanol–water partition coefficient (Wildman–Crippen LogP) is 1.49. The van der Waals surface area contributed by atoms with Gasteiger partial charge in [-0.05, 0) is 37.8 Å². The Hall–Kier alpha value is -1.91. The molecule has 1 aromatic heterocycles. The third-order valence-corrected chi connectivity index (χ3v) is 4.41. The van der Waals surface area contributed by atoms with Gasteiger partial charge in [-0.25, -0.2) is 0 Å². The molecule has 118 valence electrons. The highest BCUT2D eigenvalue weighted by atomic mass is 16.2. The smallest absolute Gasteiger partial charge is 0.225 e. The minimum atomic E-state index is 0.173. The summed E-state index contributed by atoms with van der Waals surface area (Å²) >= 11 is 0. The Morgan fingerprint density at radius 1 is 1.09 bits per heavy atom. The topological polar surface area (TPSA) is 53.5 Å². The van der Waals surface area contributed by atoms with E-state index in [1.54, 1.807) is 6.20 Å². The molecule has 1 saturated heterocycles. The summed E-state index contributed by atoms with van der Waals surface area (Å²) in [5.41, 5.74) is 0.955. The van der Waals surface area contributed by atoms with Crippen molar-refractivity contribution in [3.8, 4) is 0 Å². The monoisotopic (exact) mass is 301 g/mol. The van der Waals surface area contributed by atoms with E-state index in [0.29, 0.717) is 31.8 Å². The zero-order chi connectivity index (χ0) is 15.4. The van der Waals surface area contributed by atoms with Gasteiger partial charge in [0, 0.05) is 50.4 Å². The summed E-state index contributed by atoms with van der Waals surface area (Å²) in [4.78, 5) is 32.6. The highest BCUT2D eigenvalue weighted by Crippen LogP contribution is 2.31. The summed E-state index contributed by atoms with van der Waals surface area (Å²) in [5.74, 6) is 0.737. The second-order valence-corrected chi connectivity index (χ2v) is 6.15. The molecule has 3 rings (SSSR count). The Kier molecular flexibility index (Phi) is 4.71. The summed E-state index contributed by atoms with van der Waals surface area (Å²) in [6.45, 7) is 2.90. The lowest BCUT2D eigenvalue weighted by Gasteiger charge is -2.22. The van der Waals surface area contributed by atoms with Crippen LogP contribution in [0.3, 0.4) is 0 Å². The molecule has 22 heavy (non-hydrogen) atoms. The highest BCUT2D eigenvalue weighted by Gasteiger charge is 2.34. The fraction of sp³-hybridized carbons (Fsp3) is 0.588. The molecule has 0 spiro atoms. The van der Waals surface area contributed by atoms with Crippen molar-refractivity contribution in [2.45, 2.75) is 32.1 Å². The average molecular weight is 301 g/mol. The van der Waals surface area contributed by atoms with Crippen LogP contribution in [0.5, 0.6) is 0 Å². The average Bonchev–Trinajstić information content (AvgIpc) is 3.39. The Labute approximate surface area is 131 Å². The number of hydrogen-bond acceptors (Lipinski definition) is 3. The van der Waals surface area contributed by atoms with Gasteiger partial charge < -0.3 is 9.80 Å². The maximum atomic E-state index is 12.3. The predicted molar refractivity (Wildman–Crippen MR) is 83.1 cm³/mol. The van der Waals surface area contributed by atoms with Crippen LogP contribution >= 0.6 is 0 Å². The molecule has 0 N–H and O–H groups in total. The van der Waals surface area contributed by atoms with Gasteiger partial charge in [-0.1, -0.05) is 6.07 Å². The van der Waals surface area contributed by atoms with Gasteiger partial charge in [0.15, 0.2) is 0 Å². The van der Waals surface area contributed by atoms with Crippen LogP contribution in [-0.2, 0) is 16.0 Å². The van der Waals surface area contributed by atoms with Gasteiger partial charge in [-0.3, -0.25) is 14.6 Å². The zero-order valence-electron chi connectivity index (χ0n) is 12.9. The van der Waals surface area contributed by atoms with Crippen molar-refractivity contribution in [1.29, 1.82) is 0 Å². The molecular formula is C17H23N3O2. The summed E-state index contributed by atoms with van der Waals surface area (Å²) in [6, 6.07) is 5.78. The Morgan fingerprint density at radius 2 is 1.86 bits per heavy atom. The lowest BCUT2D eigenvalue weighted by Crippen LogP contribution is -2.38. The molecule has 5 nitrogen and oxygen atoms in total. The molecule has 2 aliphatic rings. The van der Waals surface area contributed by atoms with Crippen LogP contribution in [-0.4, -0.2) is 52.8 Å². The van der Waals surface area contributed by atoms with E-state index in [0.717, 1.165) is 38.0 Å². The fourth-order valence-corrected chi connectivity index (χ4v) is 2.91. The first-order chi connectivity index (χ1) is 10.7. The third kappa shape index (κ3) is 3.84. The number of amides is 2. The van der Waals surface area contributed by atoms with Gasteiger partial charge in [-0.15, -0.1) is 0 Å². The molecule has 0 radical (unpaired) electrons. The maximum Gasteiger partial charge on any atom is 0.225 e. The van der Waals surface area contributed by atoms with E-state index in [4.69, 9.17) is 0 Å². The molecule has 1 aliphatic carbocycles. The Morgan fingerprint density at radius 3 is 2.59 bits per heavy atom. The molecule has 0 aromatic carbocycles. The van der Waals surface area contributed by atoms with Crippen LogP contribution in [0.4, 0.5) is 0 Å². The minimum absolute atomic E-state index is 0.173. The van der Waals surface area contributed by atoms with E-state index in [9.17, 15) is 9.59 Å². The number of rotatable bonds is 4. The fourth-order valence-electron chi connectivity index (χ4n) is 2.91. The van der Waals surface area contributed by atoms with Gasteiger partial charge in [0.25, 0.3) is 0 Å². The van der Waals surface area contributed by atoms with Crippen molar-refractivity contribution >= 4 is 11.8 Å². The van der Waals surface area contributed by atoms with E-state index in [1.165, 1.54) is 0 Å². The minimum Gasteiger partial charge on any atom is -0.341 e. The number of aryl methyl sites for hydroxylation is 1. The Bertz CT molecular complexity index is 528. The molecular weight excluding hydrogens is 278 g/mol. The molecule has 5 heteroatoms. The zero-order valence-corrected chi connectivity index (χ0v) is 12.9. The van der Waals surface area contributed by atoms with Gasteiger partial charge in [-0.2, -0.15) is 0 Å². The van der Waals surface area contributed by atoms with Crippen LogP contribution in [0, 0.1) is 5.92 Å². The van der Waals surface area contributed by atoms with Gasteiger partial charge in [0.05, 0.1) is 0 Å². The second kappa shape index (κ2) is 6.90. The first-order valence-electron chi connectivity index (χ1n) is 8.20. The van der Waals surface area contributed by atoms with Crippen LogP contribution in [0.25, 0.3) is 0 Å². The summed E-state index contributed by atoms with van der Waals surface area (Å²) in [5, 5.41) is 0. The lowest BCUT2D eigenvalue weighted by molar-refractivity contribution is -0.134. The van der Waals surface area contributed by atoms with Gasteiger partial charge in [0.2, 0.25) is 11.8 Å². The molecule has 0 bridgehead atoms. The van der Waals surface area contributed by atoms with Crippen LogP contribution < -0.4 is 0 Å². The molecule has 0 unspecified atom stereocenters. The van der Waals surface area contributed by atoms with Crippen LogP contribution in [0.15, 0.2) is 24.4 Å². The first-order valence-corrected chi connectivity index (χ1v) is 8.20. The van der Waals surface area contributed by atoms with Crippen LogP contribution in [0.2, 0.25) is 0 Å². The Balaban J connectivity index is 1.47. The van der Waals surface area contributed by atoms with Gasteiger partial charge >= 0.3 is 0 Å². The molecule has 1 aliphatic heterocycles. The summed E-state index contributed by atoms with van der Waals surface area (Å²) in [6.07, 6.45) is 5.90. The van der Waals surface area contributed by atoms with Crippen molar-refractivity contribution in [2.24, 2.45) is 5.92 Å². The molecule has 0 atom stereocenters. The quantitative estimate of drug-likeness (QED) is 0.846. The lowest BCUT2D eigenvalue weighted by atomic mass is 10.2. The third-order valence-electron chi connectivity index (χ3n) is 4.41. The molecule has 1 saturated carbocycles. The second-order valence-electron chi connectivity index (χ2n) is 6.15. The number of hydrogen-bond donors (Lipinski definition) is 0. The number of nitrogens with zero attached hydrogens (tertiary/aromatic N) is 3. The largest absolute Gasteiger partial charge is 0.341 e. The summed E-state index contributed by atoms with van der Waals surface area (Å²) in [7, 11) is 0. The molecule has 2 heterocycles. The standard InChI is InChI=1S/C17H23N3O2/c21-16(8-7-15-4-1-2-9-18-15)19-10-3-11-20(13-12-19)17(22)14-5-6-14/h1-2,4,9,14H,3,5-8,10-13H2. The maximum absolute atomic E-state index is 12.3. The number of aromatic nitrogens is 1. The van der Waals surface area contributed by atoms with Crippen LogP contribution in [0.1, 0.15) is 31.4 Å². The summed E-state index contributed by atoms with van der Waals surface area (Å²) < 4.78 is 0. The number of pyridine rings is 1. The van der Waals surface area contributed by atoms with E-state index in [1.807, 2.05) is 28.0 Å². The van der Waals surface area contributed by atoms with Gasteiger partial charge in [0.1, 0.15) is 0 Å². The first kappa shape index (κ1) is 15.0. The highest BCUT2D eigenvalue weighted by molar-refractivity contribution is 5.81. The van der Waals surface area contributed by atoms with Crippen molar-refractivity contribution in [2.75, 3.05) is 26.2 Å². The molecule has 1 aromatic rings.